The van der Waals surface area contributed by atoms with Crippen molar-refractivity contribution >= 4 is 10.1 Å². The molecule has 176 valence electrons. The first-order valence-electron chi connectivity index (χ1n) is 12.5. The smallest absolute Gasteiger partial charge is 0.748 e. The Kier molecular flexibility index (Phi) is 26.6. The van der Waals surface area contributed by atoms with Crippen molar-refractivity contribution in [1.29, 1.82) is 0 Å². The van der Waals surface area contributed by atoms with Gasteiger partial charge in [0.2, 0.25) is 0 Å². The van der Waals surface area contributed by atoms with Crippen LogP contribution in [0.25, 0.3) is 0 Å². The van der Waals surface area contributed by atoms with Crippen LogP contribution in [0.5, 0.6) is 0 Å². The largest absolute Gasteiger partial charge is 1.00 e. The standard InChI is InChI=1S/C24H50O4S.K/c1-3-5-6-7-14-17-20-23(25)21-18-15-12-10-8-9-11-13-16-19-22-24(4-2)29(26,27)28;/h23-25H,3-22H2,1-2H3,(H,26,27,28);/q;+1/p-1. The van der Waals surface area contributed by atoms with Gasteiger partial charge in [0.15, 0.2) is 0 Å². The van der Waals surface area contributed by atoms with Gasteiger partial charge in [0, 0.05) is 5.25 Å². The van der Waals surface area contributed by atoms with E-state index in [4.69, 9.17) is 0 Å². The normalized spacial score (nSPS) is 13.7. The molecule has 1 N–H and O–H groups in total. The topological polar surface area (TPSA) is 77.4 Å². The third kappa shape index (κ3) is 22.7. The molecule has 0 amide bonds. The summed E-state index contributed by atoms with van der Waals surface area (Å²) in [5.74, 6) is 0. The van der Waals surface area contributed by atoms with E-state index >= 15 is 0 Å². The van der Waals surface area contributed by atoms with Crippen molar-refractivity contribution in [2.24, 2.45) is 0 Å². The summed E-state index contributed by atoms with van der Waals surface area (Å²) in [4.78, 5) is 0. The molecule has 30 heavy (non-hydrogen) atoms. The van der Waals surface area contributed by atoms with Gasteiger partial charge < -0.3 is 9.66 Å². The van der Waals surface area contributed by atoms with Crippen LogP contribution < -0.4 is 51.4 Å². The molecule has 0 aromatic carbocycles. The Bertz CT molecular complexity index is 442. The predicted octanol–water partition coefficient (Wildman–Crippen LogP) is 4.11. The average Bonchev–Trinajstić information content (AvgIpc) is 2.67. The van der Waals surface area contributed by atoms with Crippen molar-refractivity contribution in [2.75, 3.05) is 0 Å². The summed E-state index contributed by atoms with van der Waals surface area (Å²) in [5, 5.41) is 9.35. The van der Waals surface area contributed by atoms with E-state index in [0.29, 0.717) is 12.8 Å². The monoisotopic (exact) mass is 472 g/mol. The molecule has 0 aliphatic heterocycles. The maximum absolute atomic E-state index is 11.0. The van der Waals surface area contributed by atoms with Crippen LogP contribution in [0, 0.1) is 0 Å². The van der Waals surface area contributed by atoms with Crippen LogP contribution in [0.4, 0.5) is 0 Å². The molecule has 0 aromatic heterocycles. The van der Waals surface area contributed by atoms with Crippen LogP contribution in [-0.2, 0) is 10.1 Å². The number of aliphatic hydroxyl groups is 1. The summed E-state index contributed by atoms with van der Waals surface area (Å²) in [6, 6.07) is 0. The summed E-state index contributed by atoms with van der Waals surface area (Å²) in [5.41, 5.74) is 0. The molecule has 0 rings (SSSR count). The van der Waals surface area contributed by atoms with Crippen LogP contribution in [0.3, 0.4) is 0 Å². The Balaban J connectivity index is 0. The zero-order valence-corrected chi connectivity index (χ0v) is 24.3. The molecule has 0 fully saturated rings. The van der Waals surface area contributed by atoms with Gasteiger partial charge in [-0.3, -0.25) is 0 Å². The summed E-state index contributed by atoms with van der Waals surface area (Å²) < 4.78 is 33.1. The molecular weight excluding hydrogens is 423 g/mol. The van der Waals surface area contributed by atoms with Crippen molar-refractivity contribution in [1.82, 2.24) is 0 Å². The SMILES string of the molecule is CCCCCCCCC(O)CCCCCCCCCCCCC(CC)S(=O)(=O)[O-].[K+]. The summed E-state index contributed by atoms with van der Waals surface area (Å²) >= 11 is 0. The average molecular weight is 473 g/mol. The van der Waals surface area contributed by atoms with Gasteiger partial charge in [-0.15, -0.1) is 0 Å². The molecule has 0 saturated carbocycles. The van der Waals surface area contributed by atoms with E-state index < -0.39 is 15.4 Å². The van der Waals surface area contributed by atoms with Crippen molar-refractivity contribution in [3.63, 3.8) is 0 Å². The minimum atomic E-state index is -4.11. The van der Waals surface area contributed by atoms with E-state index in [1.54, 1.807) is 6.92 Å². The first-order valence-corrected chi connectivity index (χ1v) is 14.0. The predicted molar refractivity (Wildman–Crippen MR) is 123 cm³/mol. The second-order valence-electron chi connectivity index (χ2n) is 8.85. The molecule has 0 heterocycles. The molecule has 2 unspecified atom stereocenters. The third-order valence-corrected chi connectivity index (χ3v) is 7.45. The van der Waals surface area contributed by atoms with Gasteiger partial charge in [0.05, 0.1) is 16.2 Å². The van der Waals surface area contributed by atoms with E-state index in [2.05, 4.69) is 6.92 Å². The van der Waals surface area contributed by atoms with Crippen LogP contribution in [0.1, 0.15) is 142 Å². The number of rotatable bonds is 22. The summed E-state index contributed by atoms with van der Waals surface area (Å²) in [7, 11) is -4.11. The molecule has 0 aromatic rings. The van der Waals surface area contributed by atoms with E-state index in [0.717, 1.165) is 38.5 Å². The second-order valence-corrected chi connectivity index (χ2v) is 10.5. The fraction of sp³-hybridized carbons (Fsp3) is 1.00. The Labute approximate surface area is 230 Å². The Hall–Kier alpha value is 1.51. The minimum Gasteiger partial charge on any atom is -0.748 e. The fourth-order valence-corrected chi connectivity index (χ4v) is 4.89. The molecule has 0 aliphatic carbocycles. The zero-order chi connectivity index (χ0) is 21.8. The van der Waals surface area contributed by atoms with E-state index in [1.807, 2.05) is 0 Å². The fourth-order valence-electron chi connectivity index (χ4n) is 4.02. The van der Waals surface area contributed by atoms with Gasteiger partial charge >= 0.3 is 51.4 Å². The van der Waals surface area contributed by atoms with Gasteiger partial charge in [0.25, 0.3) is 0 Å². The third-order valence-electron chi connectivity index (χ3n) is 6.07. The van der Waals surface area contributed by atoms with Gasteiger partial charge in [-0.25, -0.2) is 8.42 Å². The first kappa shape index (κ1) is 33.7. The first-order chi connectivity index (χ1) is 13.9. The van der Waals surface area contributed by atoms with Crippen LogP contribution in [-0.4, -0.2) is 29.4 Å². The van der Waals surface area contributed by atoms with Gasteiger partial charge in [-0.1, -0.05) is 117 Å². The number of hydrogen-bond donors (Lipinski definition) is 1. The van der Waals surface area contributed by atoms with Crippen molar-refractivity contribution in [3.05, 3.63) is 0 Å². The van der Waals surface area contributed by atoms with Crippen molar-refractivity contribution in [3.8, 4) is 0 Å². The van der Waals surface area contributed by atoms with Crippen LogP contribution in [0.15, 0.2) is 0 Å². The molecule has 0 aliphatic rings. The van der Waals surface area contributed by atoms with Gasteiger partial charge in [-0.05, 0) is 25.7 Å². The minimum absolute atomic E-state index is 0. The number of unbranched alkanes of at least 4 members (excludes halogenated alkanes) is 14. The van der Waals surface area contributed by atoms with Gasteiger partial charge in [0.1, 0.15) is 0 Å². The zero-order valence-electron chi connectivity index (χ0n) is 20.4. The second kappa shape index (κ2) is 23.7. The molecule has 0 spiro atoms. The van der Waals surface area contributed by atoms with E-state index in [9.17, 15) is 18.1 Å². The van der Waals surface area contributed by atoms with Crippen LogP contribution in [0.2, 0.25) is 0 Å². The quantitative estimate of drug-likeness (QED) is 0.146. The maximum atomic E-state index is 11.0. The van der Waals surface area contributed by atoms with Gasteiger partial charge in [-0.2, -0.15) is 0 Å². The van der Waals surface area contributed by atoms with E-state index in [1.165, 1.54) is 77.0 Å². The molecule has 4 nitrogen and oxygen atoms in total. The maximum Gasteiger partial charge on any atom is 1.00 e. The van der Waals surface area contributed by atoms with E-state index in [-0.39, 0.29) is 57.5 Å². The molecule has 2 atom stereocenters. The molecular formula is C24H49KO4S. The van der Waals surface area contributed by atoms with Crippen molar-refractivity contribution in [2.45, 2.75) is 154 Å². The Morgan fingerprint density at radius 2 is 0.967 bits per heavy atom. The number of aliphatic hydroxyl groups excluding tert-OH is 1. The molecule has 0 radical (unpaired) electrons. The number of hydrogen-bond acceptors (Lipinski definition) is 4. The summed E-state index contributed by atoms with van der Waals surface area (Å²) in [6.07, 6.45) is 22.2. The molecule has 0 saturated heterocycles. The Morgan fingerprint density at radius 3 is 1.30 bits per heavy atom. The molecule has 6 heteroatoms. The Morgan fingerprint density at radius 1 is 0.633 bits per heavy atom. The van der Waals surface area contributed by atoms with Crippen molar-refractivity contribution < 1.29 is 69.5 Å². The summed E-state index contributed by atoms with van der Waals surface area (Å²) in [6.45, 7) is 4.01. The van der Waals surface area contributed by atoms with Crippen LogP contribution >= 0.6 is 0 Å². The molecule has 0 bridgehead atoms.